The molecule has 0 aliphatic carbocycles. The minimum absolute atomic E-state index is 0. The molecule has 0 rings (SSSR count). The maximum absolute atomic E-state index is 8.73. The van der Waals surface area contributed by atoms with E-state index in [1.807, 2.05) is 0 Å². The van der Waals surface area contributed by atoms with Gasteiger partial charge in [-0.2, -0.15) is 6.42 Å². The Morgan fingerprint density at radius 3 is 2.40 bits per heavy atom. The van der Waals surface area contributed by atoms with Crippen LogP contribution in [0.2, 0.25) is 0 Å². The molecule has 0 fully saturated rings. The first kappa shape index (κ1) is 13.1. The summed E-state index contributed by atoms with van der Waals surface area (Å²) in [4.78, 5) is 0. The van der Waals surface area contributed by atoms with Crippen molar-refractivity contribution in [3.63, 3.8) is 0 Å². The van der Waals surface area contributed by atoms with Crippen LogP contribution in [0.1, 0.15) is 32.6 Å². The molecule has 0 saturated carbocycles. The molecule has 65 valence electrons. The van der Waals surface area contributed by atoms with Gasteiger partial charge in [0.25, 0.3) is 0 Å². The van der Waals surface area contributed by atoms with E-state index in [4.69, 9.17) is 5.11 Å². The summed E-state index contributed by atoms with van der Waals surface area (Å²) in [6, 6.07) is 0. The molecule has 1 radical (unpaired) electrons. The molecule has 1 N–H and O–H groups in total. The third kappa shape index (κ3) is 6.58. The molecule has 2 heteroatoms. The number of aliphatic hydroxyl groups is 1. The maximum Gasteiger partial charge on any atom is 0.0459 e. The zero-order valence-electron chi connectivity index (χ0n) is 6.60. The molecule has 0 aromatic heterocycles. The van der Waals surface area contributed by atoms with Crippen LogP contribution < -0.4 is 0 Å². The molecule has 0 bridgehead atoms. The van der Waals surface area contributed by atoms with Gasteiger partial charge in [-0.3, -0.25) is 0 Å². The molecular formula is C8H17CoO-. The summed E-state index contributed by atoms with van der Waals surface area (Å²) in [6.07, 6.45) is 4.38. The van der Waals surface area contributed by atoms with Crippen LogP contribution in [0.4, 0.5) is 0 Å². The predicted molar refractivity (Wildman–Crippen MR) is 40.1 cm³/mol. The second kappa shape index (κ2) is 9.47. The minimum Gasteiger partial charge on any atom is -0.396 e. The largest absolute Gasteiger partial charge is 0.396 e. The Balaban J connectivity index is 0. The summed E-state index contributed by atoms with van der Waals surface area (Å²) in [5, 5.41) is 8.73. The van der Waals surface area contributed by atoms with Crippen LogP contribution in [-0.4, -0.2) is 11.7 Å². The van der Waals surface area contributed by atoms with Crippen LogP contribution in [0.15, 0.2) is 0 Å². The van der Waals surface area contributed by atoms with E-state index in [2.05, 4.69) is 13.8 Å². The Kier molecular flexibility index (Phi) is 12.4. The summed E-state index contributed by atoms with van der Waals surface area (Å²) < 4.78 is 0. The fourth-order valence-electron chi connectivity index (χ4n) is 0.858. The first-order chi connectivity index (χ1) is 4.35. The smallest absolute Gasteiger partial charge is 0.0459 e. The van der Waals surface area contributed by atoms with Crippen LogP contribution in [0.5, 0.6) is 0 Å². The first-order valence-electron chi connectivity index (χ1n) is 3.75. The van der Waals surface area contributed by atoms with Crippen molar-refractivity contribution in [3.8, 4) is 0 Å². The van der Waals surface area contributed by atoms with Crippen LogP contribution in [0.25, 0.3) is 0 Å². The second-order valence-electron chi connectivity index (χ2n) is 2.45. The maximum atomic E-state index is 8.73. The fraction of sp³-hybridized carbons (Fsp3) is 0.875. The van der Waals surface area contributed by atoms with Crippen molar-refractivity contribution >= 4 is 0 Å². The van der Waals surface area contributed by atoms with Gasteiger partial charge in [0.2, 0.25) is 0 Å². The molecule has 1 nitrogen and oxygen atoms in total. The van der Waals surface area contributed by atoms with Crippen molar-refractivity contribution in [2.45, 2.75) is 32.6 Å². The van der Waals surface area contributed by atoms with Crippen molar-refractivity contribution in [1.29, 1.82) is 0 Å². The van der Waals surface area contributed by atoms with Crippen molar-refractivity contribution in [2.75, 3.05) is 6.61 Å². The molecule has 0 aromatic carbocycles. The summed E-state index contributed by atoms with van der Waals surface area (Å²) in [6.45, 7) is 6.20. The minimum atomic E-state index is 0. The van der Waals surface area contributed by atoms with E-state index in [0.717, 1.165) is 25.7 Å². The Morgan fingerprint density at radius 1 is 1.50 bits per heavy atom. The quantitative estimate of drug-likeness (QED) is 0.654. The average Bonchev–Trinajstić information content (AvgIpc) is 1.91. The summed E-state index contributed by atoms with van der Waals surface area (Å²) in [7, 11) is 0. The van der Waals surface area contributed by atoms with Gasteiger partial charge in [0.1, 0.15) is 0 Å². The molecule has 0 aromatic rings. The van der Waals surface area contributed by atoms with E-state index >= 15 is 0 Å². The Labute approximate surface area is 74.4 Å². The molecule has 1 unspecified atom stereocenters. The Bertz CT molecular complexity index is 53.2. The van der Waals surface area contributed by atoms with Gasteiger partial charge in [-0.25, -0.2) is 0 Å². The third-order valence-electron chi connectivity index (χ3n) is 1.70. The van der Waals surface area contributed by atoms with Gasteiger partial charge < -0.3 is 12.0 Å². The van der Waals surface area contributed by atoms with Crippen LogP contribution >= 0.6 is 0 Å². The number of unbranched alkanes of at least 4 members (excludes halogenated alkanes) is 1. The molecule has 0 aliphatic rings. The zero-order chi connectivity index (χ0) is 7.11. The monoisotopic (exact) mass is 188 g/mol. The van der Waals surface area contributed by atoms with Crippen molar-refractivity contribution in [3.05, 3.63) is 6.92 Å². The molecule has 0 amide bonds. The van der Waals surface area contributed by atoms with Gasteiger partial charge in [0, 0.05) is 23.4 Å². The summed E-state index contributed by atoms with van der Waals surface area (Å²) in [5.41, 5.74) is 0. The van der Waals surface area contributed by atoms with Crippen LogP contribution in [0.3, 0.4) is 0 Å². The molecule has 0 spiro atoms. The number of aliphatic hydroxyl groups excluding tert-OH is 1. The van der Waals surface area contributed by atoms with E-state index in [1.165, 1.54) is 0 Å². The van der Waals surface area contributed by atoms with Crippen LogP contribution in [0, 0.1) is 12.8 Å². The van der Waals surface area contributed by atoms with E-state index in [0.29, 0.717) is 12.5 Å². The van der Waals surface area contributed by atoms with Crippen LogP contribution in [-0.2, 0) is 16.8 Å². The molecule has 0 aliphatic heterocycles. The fourth-order valence-corrected chi connectivity index (χ4v) is 0.858. The average molecular weight is 188 g/mol. The Hall–Kier alpha value is 0.466. The van der Waals surface area contributed by atoms with Gasteiger partial charge in [0.05, 0.1) is 0 Å². The number of hydrogen-bond acceptors (Lipinski definition) is 1. The molecule has 10 heavy (non-hydrogen) atoms. The Morgan fingerprint density at radius 2 is 2.10 bits per heavy atom. The normalized spacial score (nSPS) is 12.3. The van der Waals surface area contributed by atoms with E-state index < -0.39 is 0 Å². The van der Waals surface area contributed by atoms with Gasteiger partial charge in [0.15, 0.2) is 0 Å². The standard InChI is InChI=1S/C8H17O.Co/c1-3-5-6-8(4-2)7-9;/h8-9H,1,3-7H2,2H3;/q-1;. The summed E-state index contributed by atoms with van der Waals surface area (Å²) in [5.74, 6) is 0.520. The van der Waals surface area contributed by atoms with Gasteiger partial charge in [-0.1, -0.05) is 26.2 Å². The molecule has 0 heterocycles. The van der Waals surface area contributed by atoms with Crippen molar-refractivity contribution in [1.82, 2.24) is 0 Å². The SMILES string of the molecule is [CH2-]CCCC(CC)CO.[Co]. The topological polar surface area (TPSA) is 20.2 Å². The van der Waals surface area contributed by atoms with Gasteiger partial charge in [-0.15, -0.1) is 0 Å². The number of rotatable bonds is 5. The van der Waals surface area contributed by atoms with E-state index in [9.17, 15) is 0 Å². The van der Waals surface area contributed by atoms with E-state index in [-0.39, 0.29) is 16.8 Å². The summed E-state index contributed by atoms with van der Waals surface area (Å²) >= 11 is 0. The van der Waals surface area contributed by atoms with Gasteiger partial charge >= 0.3 is 0 Å². The van der Waals surface area contributed by atoms with Gasteiger partial charge in [-0.05, 0) is 5.92 Å². The molecular weight excluding hydrogens is 171 g/mol. The molecule has 0 saturated heterocycles. The van der Waals surface area contributed by atoms with Crippen molar-refractivity contribution < 1.29 is 21.9 Å². The third-order valence-corrected chi connectivity index (χ3v) is 1.70. The predicted octanol–water partition coefficient (Wildman–Crippen LogP) is 2.01. The first-order valence-corrected chi connectivity index (χ1v) is 3.75. The van der Waals surface area contributed by atoms with E-state index in [1.54, 1.807) is 0 Å². The number of hydrogen-bond donors (Lipinski definition) is 1. The molecule has 1 atom stereocenters. The zero-order valence-corrected chi connectivity index (χ0v) is 7.64. The second-order valence-corrected chi connectivity index (χ2v) is 2.45. The van der Waals surface area contributed by atoms with Crippen molar-refractivity contribution in [2.24, 2.45) is 5.92 Å².